The Morgan fingerprint density at radius 1 is 1.22 bits per heavy atom. The summed E-state index contributed by atoms with van der Waals surface area (Å²) in [5, 5.41) is 7.96. The zero-order valence-electron chi connectivity index (χ0n) is 21.1. The number of carbonyl (C=O) groups excluding carboxylic acids is 1. The lowest BCUT2D eigenvalue weighted by Gasteiger charge is -2.40. The highest BCUT2D eigenvalue weighted by Crippen LogP contribution is 2.32. The summed E-state index contributed by atoms with van der Waals surface area (Å²) >= 11 is 0. The van der Waals surface area contributed by atoms with Crippen LogP contribution < -0.4 is 5.32 Å². The van der Waals surface area contributed by atoms with Gasteiger partial charge in [0.2, 0.25) is 0 Å². The van der Waals surface area contributed by atoms with Crippen LogP contribution in [0, 0.1) is 19.8 Å². The largest absolute Gasteiger partial charge is 0.444 e. The van der Waals surface area contributed by atoms with Crippen molar-refractivity contribution < 1.29 is 9.53 Å². The lowest BCUT2D eigenvalue weighted by atomic mass is 10.0. The van der Waals surface area contributed by atoms with E-state index in [0.717, 1.165) is 56.4 Å². The number of rotatable bonds is 6. The number of guanidine groups is 1. The van der Waals surface area contributed by atoms with Crippen LogP contribution in [0.5, 0.6) is 0 Å². The molecule has 180 valence electrons. The molecule has 1 aliphatic carbocycles. The van der Waals surface area contributed by atoms with E-state index in [2.05, 4.69) is 29.2 Å². The first kappa shape index (κ1) is 24.4. The Balaban J connectivity index is 1.64. The Morgan fingerprint density at radius 3 is 2.38 bits per heavy atom. The molecule has 8 heteroatoms. The van der Waals surface area contributed by atoms with Crippen LogP contribution >= 0.6 is 0 Å². The minimum Gasteiger partial charge on any atom is -0.444 e. The summed E-state index contributed by atoms with van der Waals surface area (Å²) in [6.07, 6.45) is 4.15. The van der Waals surface area contributed by atoms with Crippen molar-refractivity contribution in [3.63, 3.8) is 0 Å². The number of ether oxygens (including phenoxy) is 1. The van der Waals surface area contributed by atoms with Gasteiger partial charge in [0, 0.05) is 50.5 Å². The zero-order valence-corrected chi connectivity index (χ0v) is 21.1. The number of aromatic nitrogens is 2. The minimum absolute atomic E-state index is 0.161. The number of likely N-dealkylation sites (tertiary alicyclic amines) is 1. The van der Waals surface area contributed by atoms with Gasteiger partial charge in [-0.3, -0.25) is 4.68 Å². The second kappa shape index (κ2) is 10.1. The second-order valence-corrected chi connectivity index (χ2v) is 10.2. The zero-order chi connectivity index (χ0) is 23.5. The maximum atomic E-state index is 12.9. The SMILES string of the molecule is CCNC(=NCc1c(C)nn(C)c1C)N1CCC(N(CC2CC2)C(=O)OC(C)(C)C)CC1. The summed E-state index contributed by atoms with van der Waals surface area (Å²) in [4.78, 5) is 22.2. The van der Waals surface area contributed by atoms with Crippen LogP contribution in [0.25, 0.3) is 0 Å². The molecule has 1 aliphatic heterocycles. The van der Waals surface area contributed by atoms with Gasteiger partial charge in [-0.25, -0.2) is 9.79 Å². The Labute approximate surface area is 193 Å². The number of nitrogens with one attached hydrogen (secondary N) is 1. The molecule has 1 saturated heterocycles. The molecule has 1 aromatic heterocycles. The van der Waals surface area contributed by atoms with Crippen LogP contribution in [-0.2, 0) is 18.3 Å². The minimum atomic E-state index is -0.465. The molecule has 2 aliphatic rings. The molecule has 1 N–H and O–H groups in total. The van der Waals surface area contributed by atoms with Crippen molar-refractivity contribution in [2.45, 2.75) is 85.4 Å². The summed E-state index contributed by atoms with van der Waals surface area (Å²) < 4.78 is 7.66. The van der Waals surface area contributed by atoms with E-state index in [1.807, 2.05) is 44.3 Å². The summed E-state index contributed by atoms with van der Waals surface area (Å²) in [7, 11) is 1.98. The predicted octanol–water partition coefficient (Wildman–Crippen LogP) is 3.61. The molecule has 1 saturated carbocycles. The number of aryl methyl sites for hydroxylation is 2. The van der Waals surface area contributed by atoms with Gasteiger partial charge in [-0.2, -0.15) is 5.10 Å². The lowest BCUT2D eigenvalue weighted by molar-refractivity contribution is 0.00928. The average Bonchev–Trinajstić information content (AvgIpc) is 3.50. The van der Waals surface area contributed by atoms with Crippen molar-refractivity contribution in [1.29, 1.82) is 0 Å². The van der Waals surface area contributed by atoms with Gasteiger partial charge in [0.1, 0.15) is 5.60 Å². The Morgan fingerprint density at radius 2 is 1.88 bits per heavy atom. The summed E-state index contributed by atoms with van der Waals surface area (Å²) in [6.45, 7) is 16.1. The van der Waals surface area contributed by atoms with Gasteiger partial charge in [0.15, 0.2) is 5.96 Å². The van der Waals surface area contributed by atoms with Gasteiger partial charge in [0.25, 0.3) is 0 Å². The highest BCUT2D eigenvalue weighted by atomic mass is 16.6. The highest BCUT2D eigenvalue weighted by Gasteiger charge is 2.35. The molecule has 3 rings (SSSR count). The topological polar surface area (TPSA) is 75.0 Å². The van der Waals surface area contributed by atoms with Crippen LogP contribution in [0.3, 0.4) is 0 Å². The third kappa shape index (κ3) is 6.39. The molecular weight excluding hydrogens is 404 g/mol. The fourth-order valence-corrected chi connectivity index (χ4v) is 4.29. The molecule has 0 bridgehead atoms. The normalized spacial score (nSPS) is 18.1. The fraction of sp³-hybridized carbons (Fsp3) is 0.792. The Hall–Kier alpha value is -2.25. The van der Waals surface area contributed by atoms with Crippen molar-refractivity contribution in [2.75, 3.05) is 26.2 Å². The first-order valence-electron chi connectivity index (χ1n) is 12.1. The number of hydrogen-bond donors (Lipinski definition) is 1. The molecule has 0 spiro atoms. The van der Waals surface area contributed by atoms with E-state index in [4.69, 9.17) is 9.73 Å². The van der Waals surface area contributed by atoms with Gasteiger partial charge in [0.05, 0.1) is 12.2 Å². The third-order valence-corrected chi connectivity index (χ3v) is 6.37. The number of carbonyl (C=O) groups is 1. The second-order valence-electron chi connectivity index (χ2n) is 10.2. The summed E-state index contributed by atoms with van der Waals surface area (Å²) in [5.74, 6) is 1.59. The molecule has 8 nitrogen and oxygen atoms in total. The quantitative estimate of drug-likeness (QED) is 0.534. The predicted molar refractivity (Wildman–Crippen MR) is 128 cm³/mol. The maximum Gasteiger partial charge on any atom is 0.410 e. The fourth-order valence-electron chi connectivity index (χ4n) is 4.29. The maximum absolute atomic E-state index is 12.9. The highest BCUT2D eigenvalue weighted by molar-refractivity contribution is 5.80. The number of amides is 1. The summed E-state index contributed by atoms with van der Waals surface area (Å²) in [6, 6.07) is 0.229. The van der Waals surface area contributed by atoms with Crippen molar-refractivity contribution >= 4 is 12.1 Å². The van der Waals surface area contributed by atoms with E-state index in [1.54, 1.807) is 0 Å². The van der Waals surface area contributed by atoms with Gasteiger partial charge in [-0.1, -0.05) is 0 Å². The van der Waals surface area contributed by atoms with Crippen molar-refractivity contribution in [3.05, 3.63) is 17.0 Å². The van der Waals surface area contributed by atoms with Crippen LogP contribution in [0.2, 0.25) is 0 Å². The smallest absolute Gasteiger partial charge is 0.410 e. The Kier molecular flexibility index (Phi) is 7.72. The molecule has 2 fully saturated rings. The monoisotopic (exact) mass is 446 g/mol. The number of piperidine rings is 1. The van der Waals surface area contributed by atoms with E-state index >= 15 is 0 Å². The molecule has 2 heterocycles. The van der Waals surface area contributed by atoms with Gasteiger partial charge in [-0.05, 0) is 73.1 Å². The van der Waals surface area contributed by atoms with Crippen molar-refractivity contribution in [3.8, 4) is 0 Å². The van der Waals surface area contributed by atoms with Gasteiger partial charge < -0.3 is 19.9 Å². The van der Waals surface area contributed by atoms with Gasteiger partial charge in [-0.15, -0.1) is 0 Å². The lowest BCUT2D eigenvalue weighted by Crippen LogP contribution is -2.52. The van der Waals surface area contributed by atoms with E-state index in [1.165, 1.54) is 18.4 Å². The number of aliphatic imine (C=N–C) groups is 1. The summed E-state index contributed by atoms with van der Waals surface area (Å²) in [5.41, 5.74) is 2.93. The molecule has 32 heavy (non-hydrogen) atoms. The third-order valence-electron chi connectivity index (χ3n) is 6.37. The van der Waals surface area contributed by atoms with Crippen LogP contribution in [0.1, 0.15) is 70.3 Å². The first-order valence-corrected chi connectivity index (χ1v) is 12.1. The van der Waals surface area contributed by atoms with E-state index in [-0.39, 0.29) is 12.1 Å². The number of nitrogens with zero attached hydrogens (tertiary/aromatic N) is 5. The molecular formula is C24H42N6O2. The molecule has 1 aromatic rings. The standard InChI is InChI=1S/C24H42N6O2/c1-8-25-22(26-15-21-17(2)27-28(7)18(21)3)29-13-11-20(12-14-29)30(16-19-9-10-19)23(31)32-24(4,5)6/h19-20H,8-16H2,1-7H3,(H,25,26). The first-order chi connectivity index (χ1) is 15.1. The van der Waals surface area contributed by atoms with Crippen LogP contribution in [0.15, 0.2) is 4.99 Å². The van der Waals surface area contributed by atoms with Crippen LogP contribution in [-0.4, -0.2) is 69.5 Å². The Bertz CT molecular complexity index is 813. The van der Waals surface area contributed by atoms with E-state index in [0.29, 0.717) is 12.5 Å². The molecule has 0 unspecified atom stereocenters. The molecule has 1 amide bonds. The molecule has 0 aromatic carbocycles. The van der Waals surface area contributed by atoms with Gasteiger partial charge >= 0.3 is 6.09 Å². The van der Waals surface area contributed by atoms with E-state index < -0.39 is 5.60 Å². The van der Waals surface area contributed by atoms with Crippen molar-refractivity contribution in [1.82, 2.24) is 24.9 Å². The van der Waals surface area contributed by atoms with E-state index in [9.17, 15) is 4.79 Å². The number of hydrogen-bond acceptors (Lipinski definition) is 4. The van der Waals surface area contributed by atoms with Crippen molar-refractivity contribution in [2.24, 2.45) is 18.0 Å². The van der Waals surface area contributed by atoms with Crippen LogP contribution in [0.4, 0.5) is 4.79 Å². The molecule has 0 radical (unpaired) electrons. The average molecular weight is 447 g/mol. The molecule has 0 atom stereocenters.